The molecule has 1 saturated carbocycles. The second-order valence-electron chi connectivity index (χ2n) is 6.18. The van der Waals surface area contributed by atoms with Crippen molar-refractivity contribution < 1.29 is 23.4 Å². The van der Waals surface area contributed by atoms with Gasteiger partial charge in [-0.15, -0.1) is 0 Å². The monoisotopic (exact) mass is 266 g/mol. The fraction of sp³-hybridized carbons (Fsp3) is 1.00. The maximum Gasteiger partial charge on any atom is 0.470 e. The summed E-state index contributed by atoms with van der Waals surface area (Å²) >= 11 is 0. The molecule has 17 heavy (non-hydrogen) atoms. The summed E-state index contributed by atoms with van der Waals surface area (Å²) in [6.07, 6.45) is 2.91. The van der Waals surface area contributed by atoms with E-state index in [0.29, 0.717) is 16.9 Å². The average Bonchev–Trinajstić information content (AvgIpc) is 2.44. The van der Waals surface area contributed by atoms with Crippen LogP contribution in [0.5, 0.6) is 0 Å². The van der Waals surface area contributed by atoms with Gasteiger partial charge in [-0.05, 0) is 18.3 Å². The second kappa shape index (κ2) is 5.37. The smallest absolute Gasteiger partial charge is 0.329 e. The number of nitrogens with zero attached hydrogens (tertiary/aromatic N) is 1. The molecular weight excluding hydrogens is 241 g/mol. The number of likely N-dealkylation sites (N-methyl/N-ethyl adjacent to an activating group) is 1. The molecular formula is C11H25NO4P+. The summed E-state index contributed by atoms with van der Waals surface area (Å²) in [5.74, 6) is 0.748. The first-order chi connectivity index (χ1) is 7.58. The SMILES string of the molecule is C[C@H]1CCC[C@H]1C(C[N+](C)(C)C)OP(=O)(O)O. The zero-order valence-corrected chi connectivity index (χ0v) is 12.1. The van der Waals surface area contributed by atoms with Crippen LogP contribution in [0.3, 0.4) is 0 Å². The zero-order valence-electron chi connectivity index (χ0n) is 11.2. The minimum absolute atomic E-state index is 0.264. The number of quaternary nitrogens is 1. The Balaban J connectivity index is 2.75. The fourth-order valence-corrected chi connectivity index (χ4v) is 3.27. The van der Waals surface area contributed by atoms with Gasteiger partial charge in [0.1, 0.15) is 12.6 Å². The van der Waals surface area contributed by atoms with Crippen molar-refractivity contribution in [3.8, 4) is 0 Å². The van der Waals surface area contributed by atoms with E-state index in [1.165, 1.54) is 0 Å². The van der Waals surface area contributed by atoms with Gasteiger partial charge in [-0.2, -0.15) is 0 Å². The van der Waals surface area contributed by atoms with Crippen molar-refractivity contribution in [1.29, 1.82) is 0 Å². The summed E-state index contributed by atoms with van der Waals surface area (Å²) in [5.41, 5.74) is 0. The van der Waals surface area contributed by atoms with E-state index in [9.17, 15) is 4.57 Å². The third kappa shape index (κ3) is 5.49. The van der Waals surface area contributed by atoms with Crippen LogP contribution in [0.25, 0.3) is 0 Å². The van der Waals surface area contributed by atoms with Gasteiger partial charge in [0.05, 0.1) is 21.1 Å². The van der Waals surface area contributed by atoms with Crippen molar-refractivity contribution in [2.45, 2.75) is 32.3 Å². The Morgan fingerprint density at radius 3 is 2.29 bits per heavy atom. The standard InChI is InChI=1S/C11H24NO4P/c1-9-6-5-7-10(9)11(8-12(2,3)4)16-17(13,14)15/h9-11H,5-8H2,1-4H3,(H-,13,14,15)/p+1/t9-,10+,11?/m0/s1. The van der Waals surface area contributed by atoms with Crippen molar-refractivity contribution >= 4 is 7.82 Å². The predicted molar refractivity (Wildman–Crippen MR) is 66.3 cm³/mol. The van der Waals surface area contributed by atoms with Crippen molar-refractivity contribution in [3.05, 3.63) is 0 Å². The molecule has 0 aromatic carbocycles. The molecule has 0 heterocycles. The summed E-state index contributed by atoms with van der Waals surface area (Å²) in [6, 6.07) is 0. The molecule has 0 spiro atoms. The fourth-order valence-electron chi connectivity index (χ4n) is 2.69. The van der Waals surface area contributed by atoms with Crippen LogP contribution in [0, 0.1) is 11.8 Å². The van der Waals surface area contributed by atoms with Gasteiger partial charge in [0.15, 0.2) is 0 Å². The molecule has 0 amide bonds. The van der Waals surface area contributed by atoms with Gasteiger partial charge in [-0.25, -0.2) is 4.57 Å². The average molecular weight is 266 g/mol. The van der Waals surface area contributed by atoms with Crippen LogP contribution < -0.4 is 0 Å². The van der Waals surface area contributed by atoms with Crippen LogP contribution >= 0.6 is 7.82 Å². The third-order valence-corrected chi connectivity index (χ3v) is 3.95. The van der Waals surface area contributed by atoms with E-state index < -0.39 is 7.82 Å². The first-order valence-corrected chi connectivity index (χ1v) is 7.66. The topological polar surface area (TPSA) is 66.8 Å². The van der Waals surface area contributed by atoms with Crippen LogP contribution in [-0.4, -0.2) is 48.1 Å². The minimum Gasteiger partial charge on any atom is -0.329 e. The molecule has 0 aromatic rings. The molecule has 2 N–H and O–H groups in total. The first-order valence-electron chi connectivity index (χ1n) is 6.13. The predicted octanol–water partition coefficient (Wildman–Crippen LogP) is 1.61. The summed E-state index contributed by atoms with van der Waals surface area (Å²) in [4.78, 5) is 18.0. The Bertz CT molecular complexity index is 296. The molecule has 1 fully saturated rings. The molecule has 3 atom stereocenters. The molecule has 6 heteroatoms. The van der Waals surface area contributed by atoms with Gasteiger partial charge in [-0.1, -0.05) is 19.8 Å². The van der Waals surface area contributed by atoms with Gasteiger partial charge >= 0.3 is 7.82 Å². The van der Waals surface area contributed by atoms with Crippen molar-refractivity contribution in [3.63, 3.8) is 0 Å². The van der Waals surface area contributed by atoms with Crippen LogP contribution in [-0.2, 0) is 9.09 Å². The highest BCUT2D eigenvalue weighted by Crippen LogP contribution is 2.44. The lowest BCUT2D eigenvalue weighted by Gasteiger charge is -2.33. The lowest BCUT2D eigenvalue weighted by Crippen LogP contribution is -2.45. The Morgan fingerprint density at radius 1 is 1.35 bits per heavy atom. The summed E-state index contributed by atoms with van der Waals surface area (Å²) in [5, 5.41) is 0. The van der Waals surface area contributed by atoms with Crippen molar-refractivity contribution in [2.24, 2.45) is 11.8 Å². The van der Waals surface area contributed by atoms with Gasteiger partial charge < -0.3 is 14.3 Å². The molecule has 1 rings (SSSR count). The van der Waals surface area contributed by atoms with E-state index in [4.69, 9.17) is 14.3 Å². The van der Waals surface area contributed by atoms with E-state index in [2.05, 4.69) is 6.92 Å². The van der Waals surface area contributed by atoms with Gasteiger partial charge in [0, 0.05) is 0 Å². The van der Waals surface area contributed by atoms with E-state index in [1.54, 1.807) is 0 Å². The highest BCUT2D eigenvalue weighted by Gasteiger charge is 2.38. The molecule has 102 valence electrons. The zero-order chi connectivity index (χ0) is 13.3. The Hall–Kier alpha value is 0.0700. The van der Waals surface area contributed by atoms with Crippen molar-refractivity contribution in [1.82, 2.24) is 0 Å². The lowest BCUT2D eigenvalue weighted by atomic mass is 9.92. The quantitative estimate of drug-likeness (QED) is 0.586. The van der Waals surface area contributed by atoms with E-state index in [0.717, 1.165) is 19.3 Å². The van der Waals surface area contributed by atoms with E-state index >= 15 is 0 Å². The molecule has 5 nitrogen and oxygen atoms in total. The third-order valence-electron chi connectivity index (χ3n) is 3.41. The normalized spacial score (nSPS) is 28.4. The highest BCUT2D eigenvalue weighted by atomic mass is 31.2. The maximum atomic E-state index is 11.1. The highest BCUT2D eigenvalue weighted by molar-refractivity contribution is 7.46. The Labute approximate surface area is 104 Å². The molecule has 0 saturated heterocycles. The summed E-state index contributed by atoms with van der Waals surface area (Å²) < 4.78 is 16.7. The lowest BCUT2D eigenvalue weighted by molar-refractivity contribution is -0.873. The van der Waals surface area contributed by atoms with Gasteiger partial charge in [-0.3, -0.25) is 4.52 Å². The number of rotatable bonds is 5. The molecule has 1 aliphatic rings. The molecule has 0 aromatic heterocycles. The molecule has 0 bridgehead atoms. The summed E-state index contributed by atoms with van der Waals surface area (Å²) in [7, 11) is 1.63. The van der Waals surface area contributed by atoms with E-state index in [1.807, 2.05) is 21.1 Å². The van der Waals surface area contributed by atoms with Crippen LogP contribution in [0.2, 0.25) is 0 Å². The molecule has 0 radical (unpaired) electrons. The summed E-state index contributed by atoms with van der Waals surface area (Å²) in [6.45, 7) is 2.77. The number of phosphoric acid groups is 1. The number of phosphoric ester groups is 1. The maximum absolute atomic E-state index is 11.1. The second-order valence-corrected chi connectivity index (χ2v) is 7.37. The van der Waals surface area contributed by atoms with Crippen LogP contribution in [0.4, 0.5) is 0 Å². The van der Waals surface area contributed by atoms with Crippen molar-refractivity contribution in [2.75, 3.05) is 27.7 Å². The van der Waals surface area contributed by atoms with Crippen LogP contribution in [0.1, 0.15) is 26.2 Å². The Morgan fingerprint density at radius 2 is 1.94 bits per heavy atom. The molecule has 0 aliphatic heterocycles. The van der Waals surface area contributed by atoms with Gasteiger partial charge in [0.25, 0.3) is 0 Å². The molecule has 1 aliphatic carbocycles. The molecule has 1 unspecified atom stereocenters. The van der Waals surface area contributed by atoms with Crippen LogP contribution in [0.15, 0.2) is 0 Å². The Kier molecular flexibility index (Phi) is 4.78. The first kappa shape index (κ1) is 15.1. The number of hydrogen-bond acceptors (Lipinski definition) is 2. The number of hydrogen-bond donors (Lipinski definition) is 2. The van der Waals surface area contributed by atoms with E-state index in [-0.39, 0.29) is 12.0 Å². The van der Waals surface area contributed by atoms with Gasteiger partial charge in [0.2, 0.25) is 0 Å². The minimum atomic E-state index is -4.40. The largest absolute Gasteiger partial charge is 0.470 e.